The van der Waals surface area contributed by atoms with E-state index in [9.17, 15) is 9.59 Å². The standard InChI is InChI=1S/C20H21N3O5/c1-13(22-23-20(25)14-3-6-16(26-2)7-4-14)11-19(24)21-15-5-8-17-18(12-15)28-10-9-27-17/h3-8,12H,9-11H2,1-2H3,(H,21,24)(H,23,25)/b22-13+. The molecular formula is C20H21N3O5. The number of hydrogen-bond donors (Lipinski definition) is 2. The Morgan fingerprint density at radius 1 is 1.07 bits per heavy atom. The van der Waals surface area contributed by atoms with E-state index in [4.69, 9.17) is 14.2 Å². The van der Waals surface area contributed by atoms with Crippen LogP contribution in [0.2, 0.25) is 0 Å². The zero-order valence-corrected chi connectivity index (χ0v) is 15.7. The molecule has 0 saturated heterocycles. The van der Waals surface area contributed by atoms with Gasteiger partial charge in [0.25, 0.3) is 5.91 Å². The van der Waals surface area contributed by atoms with Gasteiger partial charge in [0, 0.05) is 23.0 Å². The van der Waals surface area contributed by atoms with Gasteiger partial charge < -0.3 is 19.5 Å². The summed E-state index contributed by atoms with van der Waals surface area (Å²) in [6.45, 7) is 2.65. The molecule has 28 heavy (non-hydrogen) atoms. The van der Waals surface area contributed by atoms with Crippen LogP contribution in [0, 0.1) is 0 Å². The number of fused-ring (bicyclic) bond motifs is 1. The minimum Gasteiger partial charge on any atom is -0.497 e. The lowest BCUT2D eigenvalue weighted by atomic mass is 10.2. The van der Waals surface area contributed by atoms with Crippen LogP contribution in [-0.2, 0) is 4.79 Å². The maximum Gasteiger partial charge on any atom is 0.271 e. The first-order valence-corrected chi connectivity index (χ1v) is 8.72. The van der Waals surface area contributed by atoms with E-state index in [1.165, 1.54) is 0 Å². The molecule has 1 aliphatic heterocycles. The summed E-state index contributed by atoms with van der Waals surface area (Å²) in [5.74, 6) is 1.29. The quantitative estimate of drug-likeness (QED) is 0.590. The van der Waals surface area contributed by atoms with Crippen molar-refractivity contribution in [3.05, 3.63) is 48.0 Å². The highest BCUT2D eigenvalue weighted by atomic mass is 16.6. The average molecular weight is 383 g/mol. The van der Waals surface area contributed by atoms with Crippen LogP contribution in [0.5, 0.6) is 17.2 Å². The van der Waals surface area contributed by atoms with Crippen molar-refractivity contribution in [3.8, 4) is 17.2 Å². The first-order chi connectivity index (χ1) is 13.5. The highest BCUT2D eigenvalue weighted by Crippen LogP contribution is 2.32. The monoisotopic (exact) mass is 383 g/mol. The summed E-state index contributed by atoms with van der Waals surface area (Å²) in [6.07, 6.45) is 0.0390. The lowest BCUT2D eigenvalue weighted by Gasteiger charge is -2.19. The molecule has 0 radical (unpaired) electrons. The number of nitrogens with zero attached hydrogens (tertiary/aromatic N) is 1. The Bertz CT molecular complexity index is 893. The zero-order chi connectivity index (χ0) is 19.9. The molecule has 1 heterocycles. The molecule has 0 aliphatic carbocycles. The van der Waals surface area contributed by atoms with Crippen molar-refractivity contribution in [2.24, 2.45) is 5.10 Å². The molecule has 0 spiro atoms. The SMILES string of the molecule is COc1ccc(C(=O)N/N=C(\C)CC(=O)Nc2ccc3c(c2)OCCO3)cc1. The van der Waals surface area contributed by atoms with Gasteiger partial charge in [0.1, 0.15) is 19.0 Å². The van der Waals surface area contributed by atoms with E-state index >= 15 is 0 Å². The number of carbonyl (C=O) groups is 2. The molecule has 2 aromatic rings. The van der Waals surface area contributed by atoms with E-state index in [1.54, 1.807) is 56.5 Å². The fraction of sp³-hybridized carbons (Fsp3) is 0.250. The normalized spacial score (nSPS) is 12.9. The van der Waals surface area contributed by atoms with Crippen molar-refractivity contribution < 1.29 is 23.8 Å². The Balaban J connectivity index is 1.52. The van der Waals surface area contributed by atoms with Crippen LogP contribution in [0.3, 0.4) is 0 Å². The Labute approximate surface area is 162 Å². The van der Waals surface area contributed by atoms with E-state index < -0.39 is 0 Å². The second-order valence-electron chi connectivity index (χ2n) is 6.10. The maximum atomic E-state index is 12.2. The molecule has 0 saturated carbocycles. The van der Waals surface area contributed by atoms with E-state index in [0.29, 0.717) is 47.4 Å². The fourth-order valence-electron chi connectivity index (χ4n) is 2.55. The number of rotatable bonds is 6. The van der Waals surface area contributed by atoms with Crippen LogP contribution in [0.15, 0.2) is 47.6 Å². The Hall–Kier alpha value is -3.55. The third kappa shape index (κ3) is 5.00. The van der Waals surface area contributed by atoms with E-state index in [-0.39, 0.29) is 18.2 Å². The molecule has 2 aromatic carbocycles. The number of nitrogens with one attached hydrogen (secondary N) is 2. The molecule has 146 valence electrons. The molecule has 0 unspecified atom stereocenters. The second kappa shape index (κ2) is 8.90. The summed E-state index contributed by atoms with van der Waals surface area (Å²) in [5, 5.41) is 6.75. The van der Waals surface area contributed by atoms with Crippen molar-refractivity contribution in [1.29, 1.82) is 0 Å². The Morgan fingerprint density at radius 3 is 2.50 bits per heavy atom. The molecule has 8 heteroatoms. The first-order valence-electron chi connectivity index (χ1n) is 8.72. The molecule has 2 N–H and O–H groups in total. The highest BCUT2D eigenvalue weighted by Gasteiger charge is 2.13. The summed E-state index contributed by atoms with van der Waals surface area (Å²) in [7, 11) is 1.55. The van der Waals surface area contributed by atoms with Crippen LogP contribution >= 0.6 is 0 Å². The predicted octanol–water partition coefficient (Wildman–Crippen LogP) is 2.60. The van der Waals surface area contributed by atoms with Gasteiger partial charge >= 0.3 is 0 Å². The number of methoxy groups -OCH3 is 1. The minimum absolute atomic E-state index is 0.0390. The van der Waals surface area contributed by atoms with Gasteiger partial charge in [-0.1, -0.05) is 0 Å². The number of benzene rings is 2. The summed E-state index contributed by atoms with van der Waals surface area (Å²) in [6, 6.07) is 11.8. The lowest BCUT2D eigenvalue weighted by molar-refractivity contribution is -0.115. The summed E-state index contributed by atoms with van der Waals surface area (Å²) in [4.78, 5) is 24.3. The summed E-state index contributed by atoms with van der Waals surface area (Å²) < 4.78 is 16.0. The van der Waals surface area contributed by atoms with Gasteiger partial charge in [-0.15, -0.1) is 0 Å². The molecule has 3 rings (SSSR count). The van der Waals surface area contributed by atoms with Gasteiger partial charge in [-0.25, -0.2) is 5.43 Å². The molecule has 0 fully saturated rings. The van der Waals surface area contributed by atoms with Gasteiger partial charge in [-0.3, -0.25) is 9.59 Å². The Kier molecular flexibility index (Phi) is 6.11. The molecule has 2 amide bonds. The number of carbonyl (C=O) groups excluding carboxylic acids is 2. The van der Waals surface area contributed by atoms with Crippen LogP contribution in [0.25, 0.3) is 0 Å². The lowest BCUT2D eigenvalue weighted by Crippen LogP contribution is -2.21. The van der Waals surface area contributed by atoms with Crippen LogP contribution < -0.4 is 25.0 Å². The predicted molar refractivity (Wildman–Crippen MR) is 104 cm³/mol. The largest absolute Gasteiger partial charge is 0.497 e. The van der Waals surface area contributed by atoms with Crippen LogP contribution in [0.1, 0.15) is 23.7 Å². The number of amides is 2. The van der Waals surface area contributed by atoms with Crippen molar-refractivity contribution in [2.75, 3.05) is 25.6 Å². The molecule has 1 aliphatic rings. The smallest absolute Gasteiger partial charge is 0.271 e. The van der Waals surface area contributed by atoms with Gasteiger partial charge in [-0.05, 0) is 43.3 Å². The summed E-state index contributed by atoms with van der Waals surface area (Å²) in [5.41, 5.74) is 3.95. The zero-order valence-electron chi connectivity index (χ0n) is 15.7. The van der Waals surface area contributed by atoms with Gasteiger partial charge in [0.15, 0.2) is 11.5 Å². The molecule has 0 atom stereocenters. The third-order valence-corrected chi connectivity index (χ3v) is 3.94. The molecule has 0 aromatic heterocycles. The van der Waals surface area contributed by atoms with Crippen molar-refractivity contribution in [3.63, 3.8) is 0 Å². The van der Waals surface area contributed by atoms with Crippen molar-refractivity contribution >= 4 is 23.2 Å². The third-order valence-electron chi connectivity index (χ3n) is 3.94. The van der Waals surface area contributed by atoms with E-state index in [1.807, 2.05) is 0 Å². The van der Waals surface area contributed by atoms with Crippen LogP contribution in [0.4, 0.5) is 5.69 Å². The average Bonchev–Trinajstić information content (AvgIpc) is 2.72. The number of hydrogen-bond acceptors (Lipinski definition) is 6. The second-order valence-corrected chi connectivity index (χ2v) is 6.10. The summed E-state index contributed by atoms with van der Waals surface area (Å²) >= 11 is 0. The van der Waals surface area contributed by atoms with Gasteiger partial charge in [0.2, 0.25) is 5.91 Å². The number of ether oxygens (including phenoxy) is 3. The minimum atomic E-state index is -0.366. The van der Waals surface area contributed by atoms with Gasteiger partial charge in [0.05, 0.1) is 13.5 Å². The van der Waals surface area contributed by atoms with Crippen LogP contribution in [-0.4, -0.2) is 37.8 Å². The molecule has 8 nitrogen and oxygen atoms in total. The maximum absolute atomic E-state index is 12.2. The molecule has 0 bridgehead atoms. The number of hydrazone groups is 1. The Morgan fingerprint density at radius 2 is 1.79 bits per heavy atom. The number of anilines is 1. The van der Waals surface area contributed by atoms with E-state index in [0.717, 1.165) is 0 Å². The van der Waals surface area contributed by atoms with E-state index in [2.05, 4.69) is 15.8 Å². The highest BCUT2D eigenvalue weighted by molar-refractivity contribution is 6.06. The molecular weight excluding hydrogens is 362 g/mol. The van der Waals surface area contributed by atoms with Crippen molar-refractivity contribution in [2.45, 2.75) is 13.3 Å². The first kappa shape index (κ1) is 19.2. The topological polar surface area (TPSA) is 98.2 Å². The van der Waals surface area contributed by atoms with Gasteiger partial charge in [-0.2, -0.15) is 5.10 Å². The fourth-order valence-corrected chi connectivity index (χ4v) is 2.55. The van der Waals surface area contributed by atoms with Crippen molar-refractivity contribution in [1.82, 2.24) is 5.43 Å².